The van der Waals surface area contributed by atoms with Crippen molar-refractivity contribution in [1.82, 2.24) is 0 Å². The van der Waals surface area contributed by atoms with Crippen molar-refractivity contribution in [3.8, 4) is 23.0 Å². The van der Waals surface area contributed by atoms with E-state index in [1.807, 2.05) is 0 Å². The number of aromatic hydroxyl groups is 4. The topological polar surface area (TPSA) is 214 Å². The molecule has 0 radical (unpaired) electrons. The monoisotopic (exact) mass is 518 g/mol. The van der Waals surface area contributed by atoms with Crippen LogP contribution in [0.25, 0.3) is 12.2 Å². The molecule has 0 bridgehead atoms. The second-order valence-electron chi connectivity index (χ2n) is 8.49. The van der Waals surface area contributed by atoms with Crippen LogP contribution in [-0.2, 0) is 19.1 Å². The van der Waals surface area contributed by atoms with Gasteiger partial charge in [-0.25, -0.2) is 9.59 Å². The minimum Gasteiger partial charge on any atom is -0.504 e. The zero-order valence-electron chi connectivity index (χ0n) is 19.2. The molecule has 0 amide bonds. The van der Waals surface area contributed by atoms with Gasteiger partial charge in [0.15, 0.2) is 29.3 Å². The van der Waals surface area contributed by atoms with Crippen molar-refractivity contribution in [2.45, 2.75) is 43.0 Å². The zero-order valence-corrected chi connectivity index (χ0v) is 19.2. The molecule has 1 saturated carbocycles. The van der Waals surface area contributed by atoms with E-state index in [1.54, 1.807) is 0 Å². The second-order valence-corrected chi connectivity index (χ2v) is 8.49. The van der Waals surface area contributed by atoms with E-state index in [4.69, 9.17) is 9.47 Å². The third kappa shape index (κ3) is 6.98. The first-order valence-corrected chi connectivity index (χ1v) is 11.0. The van der Waals surface area contributed by atoms with E-state index in [0.29, 0.717) is 11.1 Å². The molecule has 12 nitrogen and oxygen atoms in total. The number of phenols is 4. The molecule has 0 heterocycles. The third-order valence-corrected chi connectivity index (χ3v) is 5.71. The zero-order chi connectivity index (χ0) is 27.3. The van der Waals surface area contributed by atoms with Crippen molar-refractivity contribution in [3.63, 3.8) is 0 Å². The van der Waals surface area contributed by atoms with Gasteiger partial charge in [0.05, 0.1) is 0 Å². The van der Waals surface area contributed by atoms with Gasteiger partial charge < -0.3 is 50.3 Å². The first-order valence-electron chi connectivity index (χ1n) is 11.0. The maximum Gasteiger partial charge on any atom is 0.331 e. The van der Waals surface area contributed by atoms with Crippen LogP contribution in [0, 0.1) is 0 Å². The lowest BCUT2D eigenvalue weighted by Crippen LogP contribution is -2.59. The number of benzene rings is 2. The average Bonchev–Trinajstić information content (AvgIpc) is 2.83. The SMILES string of the molecule is O=C(/C=C/c1ccc(O)c(O)c1)O[C@@H]1C[C@](O)(C(O)O)C[C@@H](OC(=O)/C=C/c2ccc(O)c(O)c2)[C@H]1O. The highest BCUT2D eigenvalue weighted by Crippen LogP contribution is 2.35. The lowest BCUT2D eigenvalue weighted by molar-refractivity contribution is -0.246. The van der Waals surface area contributed by atoms with Crippen LogP contribution in [0.15, 0.2) is 48.6 Å². The molecule has 0 aliphatic heterocycles. The first-order chi connectivity index (χ1) is 17.4. The number of hydrogen-bond donors (Lipinski definition) is 8. The summed E-state index contributed by atoms with van der Waals surface area (Å²) in [4.78, 5) is 24.6. The van der Waals surface area contributed by atoms with Gasteiger partial charge >= 0.3 is 11.9 Å². The number of carbonyl (C=O) groups excluding carboxylic acids is 2. The van der Waals surface area contributed by atoms with E-state index in [9.17, 15) is 50.4 Å². The van der Waals surface area contributed by atoms with Crippen LogP contribution in [0.1, 0.15) is 24.0 Å². The highest BCUT2D eigenvalue weighted by Gasteiger charge is 2.51. The van der Waals surface area contributed by atoms with Crippen molar-refractivity contribution >= 4 is 24.1 Å². The minimum atomic E-state index is -2.31. The van der Waals surface area contributed by atoms with Gasteiger partial charge in [-0.3, -0.25) is 0 Å². The summed E-state index contributed by atoms with van der Waals surface area (Å²) in [5.41, 5.74) is -1.62. The van der Waals surface area contributed by atoms with Crippen molar-refractivity contribution in [3.05, 3.63) is 59.7 Å². The standard InChI is InChI=1S/C25H26O12/c26-15-5-1-13(9-17(15)28)3-7-21(30)36-19-11-25(35,24(33)34)12-20(23(19)32)37-22(31)8-4-14-2-6-16(27)18(29)10-14/h1-10,19-20,23-24,26-29,32-35H,11-12H2/b7-3+,8-4+/t19-,20-,23-,25+/m1/s1. The number of carbonyl (C=O) groups is 2. The quantitative estimate of drug-likeness (QED) is 0.107. The Kier molecular flexibility index (Phi) is 8.40. The summed E-state index contributed by atoms with van der Waals surface area (Å²) < 4.78 is 10.3. The number of rotatable bonds is 7. The Hall–Kier alpha value is -4.10. The summed E-state index contributed by atoms with van der Waals surface area (Å²) in [6.07, 6.45) is -3.73. The Labute approximate surface area is 210 Å². The Morgan fingerprint density at radius 2 is 1.19 bits per heavy atom. The van der Waals surface area contributed by atoms with Gasteiger partial charge in [0.1, 0.15) is 23.9 Å². The van der Waals surface area contributed by atoms with Gasteiger partial charge in [-0.15, -0.1) is 0 Å². The molecule has 8 N–H and O–H groups in total. The van der Waals surface area contributed by atoms with Crippen molar-refractivity contribution in [2.24, 2.45) is 0 Å². The summed E-state index contributed by atoms with van der Waals surface area (Å²) >= 11 is 0. The molecule has 1 aliphatic carbocycles. The molecule has 2 aromatic carbocycles. The van der Waals surface area contributed by atoms with Crippen LogP contribution in [-0.4, -0.2) is 83.0 Å². The average molecular weight is 518 g/mol. The number of hydrogen-bond acceptors (Lipinski definition) is 12. The van der Waals surface area contributed by atoms with Crippen LogP contribution in [0.3, 0.4) is 0 Å². The van der Waals surface area contributed by atoms with Crippen LogP contribution in [0.4, 0.5) is 0 Å². The predicted octanol–water partition coefficient (Wildman–Crippen LogP) is 0.256. The minimum absolute atomic E-state index is 0.333. The molecular formula is C25H26O12. The Morgan fingerprint density at radius 3 is 1.54 bits per heavy atom. The van der Waals surface area contributed by atoms with Crippen LogP contribution < -0.4 is 0 Å². The smallest absolute Gasteiger partial charge is 0.331 e. The van der Waals surface area contributed by atoms with Crippen LogP contribution >= 0.6 is 0 Å². The normalized spacial score (nSPS) is 24.0. The van der Waals surface area contributed by atoms with Crippen LogP contribution in [0.5, 0.6) is 23.0 Å². The van der Waals surface area contributed by atoms with Crippen molar-refractivity contribution < 1.29 is 59.9 Å². The number of aliphatic hydroxyl groups is 4. The fourth-order valence-electron chi connectivity index (χ4n) is 3.69. The third-order valence-electron chi connectivity index (χ3n) is 5.71. The Bertz CT molecular complexity index is 1120. The molecule has 1 aliphatic rings. The second kappa shape index (κ2) is 11.3. The Morgan fingerprint density at radius 1 is 0.784 bits per heavy atom. The van der Waals surface area contributed by atoms with Gasteiger partial charge in [0.25, 0.3) is 0 Å². The molecule has 37 heavy (non-hydrogen) atoms. The molecule has 0 aromatic heterocycles. The number of esters is 2. The van der Waals surface area contributed by atoms with E-state index in [-0.39, 0.29) is 11.5 Å². The van der Waals surface area contributed by atoms with E-state index in [1.165, 1.54) is 48.6 Å². The van der Waals surface area contributed by atoms with Gasteiger partial charge in [-0.2, -0.15) is 0 Å². The predicted molar refractivity (Wildman–Crippen MR) is 126 cm³/mol. The summed E-state index contributed by atoms with van der Waals surface area (Å²) in [5.74, 6) is -3.54. The number of aliphatic hydroxyl groups excluding tert-OH is 2. The molecule has 0 unspecified atom stereocenters. The van der Waals surface area contributed by atoms with Crippen LogP contribution in [0.2, 0.25) is 0 Å². The maximum atomic E-state index is 12.3. The Balaban J connectivity index is 1.70. The van der Waals surface area contributed by atoms with E-state index < -0.39 is 66.5 Å². The van der Waals surface area contributed by atoms with E-state index in [0.717, 1.165) is 12.2 Å². The van der Waals surface area contributed by atoms with Gasteiger partial charge in [0.2, 0.25) is 0 Å². The molecule has 3 rings (SSSR count). The lowest BCUT2D eigenvalue weighted by Gasteiger charge is -2.43. The summed E-state index contributed by atoms with van der Waals surface area (Å²) in [7, 11) is 0. The fourth-order valence-corrected chi connectivity index (χ4v) is 3.69. The number of phenolic OH excluding ortho intramolecular Hbond substituents is 4. The van der Waals surface area contributed by atoms with E-state index in [2.05, 4.69) is 0 Å². The first kappa shape index (κ1) is 27.5. The van der Waals surface area contributed by atoms with Gasteiger partial charge in [-0.1, -0.05) is 12.1 Å². The highest BCUT2D eigenvalue weighted by molar-refractivity contribution is 5.88. The summed E-state index contributed by atoms with van der Waals surface area (Å²) in [6.45, 7) is 0. The molecular weight excluding hydrogens is 492 g/mol. The molecule has 0 saturated heterocycles. The molecule has 2 aromatic rings. The van der Waals surface area contributed by atoms with Crippen molar-refractivity contribution in [1.29, 1.82) is 0 Å². The van der Waals surface area contributed by atoms with Gasteiger partial charge in [0, 0.05) is 25.0 Å². The lowest BCUT2D eigenvalue weighted by atomic mass is 9.79. The summed E-state index contributed by atoms with van der Waals surface area (Å²) in [5, 5.41) is 78.3. The molecule has 1 fully saturated rings. The highest BCUT2D eigenvalue weighted by atomic mass is 16.6. The number of ether oxygens (including phenoxy) is 2. The maximum absolute atomic E-state index is 12.3. The molecule has 198 valence electrons. The van der Waals surface area contributed by atoms with Crippen molar-refractivity contribution in [2.75, 3.05) is 0 Å². The largest absolute Gasteiger partial charge is 0.504 e. The molecule has 0 spiro atoms. The fraction of sp³-hybridized carbons (Fsp3) is 0.280. The molecule has 12 heteroatoms. The van der Waals surface area contributed by atoms with Gasteiger partial charge in [-0.05, 0) is 47.5 Å². The summed E-state index contributed by atoms with van der Waals surface area (Å²) in [6, 6.07) is 7.56. The van der Waals surface area contributed by atoms with E-state index >= 15 is 0 Å². The molecule has 2 atom stereocenters.